The zero-order valence-electron chi connectivity index (χ0n) is 12.1. The quantitative estimate of drug-likeness (QED) is 0.865. The summed E-state index contributed by atoms with van der Waals surface area (Å²) in [6.07, 6.45) is 2.51. The topological polar surface area (TPSA) is 72.5 Å². The van der Waals surface area contributed by atoms with Crippen molar-refractivity contribution in [3.05, 3.63) is 35.4 Å². The van der Waals surface area contributed by atoms with Crippen LogP contribution in [0.5, 0.6) is 0 Å². The Morgan fingerprint density at radius 3 is 2.65 bits per heavy atom. The first-order valence-corrected chi connectivity index (χ1v) is 7.14. The van der Waals surface area contributed by atoms with Crippen molar-refractivity contribution in [2.45, 2.75) is 50.7 Å². The highest BCUT2D eigenvalue weighted by atomic mass is 16.5. The van der Waals surface area contributed by atoms with E-state index in [0.29, 0.717) is 6.42 Å². The highest BCUT2D eigenvalue weighted by Crippen LogP contribution is 2.35. The number of carbonyl (C=O) groups is 1. The third-order valence-corrected chi connectivity index (χ3v) is 4.31. The predicted molar refractivity (Wildman–Crippen MR) is 77.7 cm³/mol. The average molecular weight is 277 g/mol. The van der Waals surface area contributed by atoms with Gasteiger partial charge in [0.2, 0.25) is 0 Å². The van der Waals surface area contributed by atoms with E-state index in [0.717, 1.165) is 24.0 Å². The number of rotatable bonds is 5. The van der Waals surface area contributed by atoms with Crippen LogP contribution in [0.15, 0.2) is 24.3 Å². The first-order valence-electron chi connectivity index (χ1n) is 7.14. The minimum Gasteiger partial charge on any atom is -0.481 e. The normalized spacial score (nSPS) is 25.4. The molecule has 4 nitrogen and oxygen atoms in total. The summed E-state index contributed by atoms with van der Waals surface area (Å²) >= 11 is 0. The summed E-state index contributed by atoms with van der Waals surface area (Å²) < 4.78 is 5.81. The summed E-state index contributed by atoms with van der Waals surface area (Å²) in [5, 5.41) is 9.79. The first kappa shape index (κ1) is 15.0. The number of hydrogen-bond acceptors (Lipinski definition) is 3. The third kappa shape index (κ3) is 2.72. The monoisotopic (exact) mass is 277 g/mol. The Kier molecular flexibility index (Phi) is 4.45. The molecule has 0 saturated carbocycles. The predicted octanol–water partition coefficient (Wildman–Crippen LogP) is 2.23. The van der Waals surface area contributed by atoms with E-state index in [1.807, 2.05) is 38.1 Å². The van der Waals surface area contributed by atoms with Crippen molar-refractivity contribution in [1.29, 1.82) is 0 Å². The van der Waals surface area contributed by atoms with Gasteiger partial charge in [0.1, 0.15) is 5.41 Å². The third-order valence-electron chi connectivity index (χ3n) is 4.31. The summed E-state index contributed by atoms with van der Waals surface area (Å²) in [6, 6.07) is 7.58. The molecule has 1 aliphatic rings. The van der Waals surface area contributed by atoms with E-state index in [-0.39, 0.29) is 18.8 Å². The Bertz CT molecular complexity index is 488. The maximum Gasteiger partial charge on any atom is 0.315 e. The number of nitrogens with two attached hydrogens (primary N) is 1. The largest absolute Gasteiger partial charge is 0.481 e. The van der Waals surface area contributed by atoms with E-state index in [2.05, 4.69) is 0 Å². The molecule has 1 aliphatic heterocycles. The van der Waals surface area contributed by atoms with Crippen molar-refractivity contribution in [3.8, 4) is 0 Å². The molecule has 1 saturated heterocycles. The average Bonchev–Trinajstić information content (AvgIpc) is 2.82. The van der Waals surface area contributed by atoms with Crippen LogP contribution in [0.1, 0.15) is 37.3 Å². The van der Waals surface area contributed by atoms with E-state index < -0.39 is 11.4 Å². The first-order chi connectivity index (χ1) is 9.49. The van der Waals surface area contributed by atoms with Crippen LogP contribution in [0.2, 0.25) is 0 Å². The molecule has 110 valence electrons. The summed E-state index contributed by atoms with van der Waals surface area (Å²) in [5.74, 6) is -0.863. The van der Waals surface area contributed by atoms with Crippen LogP contribution in [-0.4, -0.2) is 29.8 Å². The summed E-state index contributed by atoms with van der Waals surface area (Å²) in [6.45, 7) is 4.04. The number of ether oxygens (including phenoxy) is 1. The molecule has 3 atom stereocenters. The fourth-order valence-electron chi connectivity index (χ4n) is 3.13. The molecular formula is C16H23NO3. The van der Waals surface area contributed by atoms with Crippen LogP contribution < -0.4 is 5.73 Å². The van der Waals surface area contributed by atoms with Crippen LogP contribution >= 0.6 is 0 Å². The molecule has 0 aromatic heterocycles. The Balaban J connectivity index is 2.35. The van der Waals surface area contributed by atoms with Crippen molar-refractivity contribution in [1.82, 2.24) is 0 Å². The molecule has 1 fully saturated rings. The Morgan fingerprint density at radius 1 is 1.45 bits per heavy atom. The number of carboxylic acids is 1. The second kappa shape index (κ2) is 5.94. The minimum atomic E-state index is -1.06. The van der Waals surface area contributed by atoms with E-state index >= 15 is 0 Å². The fourth-order valence-corrected chi connectivity index (χ4v) is 3.13. The number of aliphatic carboxylic acids is 1. The SMILES string of the molecule is Cc1ccccc1C(CN)(CC1CCC(C)O1)C(=O)O. The second-order valence-electron chi connectivity index (χ2n) is 5.76. The molecule has 0 spiro atoms. The summed E-state index contributed by atoms with van der Waals surface area (Å²) in [4.78, 5) is 11.9. The molecule has 0 aliphatic carbocycles. The molecule has 0 radical (unpaired) electrons. The Hall–Kier alpha value is -1.39. The van der Waals surface area contributed by atoms with Gasteiger partial charge in [-0.1, -0.05) is 24.3 Å². The number of aryl methyl sites for hydroxylation is 1. The van der Waals surface area contributed by atoms with Crippen LogP contribution in [0, 0.1) is 6.92 Å². The highest BCUT2D eigenvalue weighted by Gasteiger charge is 2.43. The lowest BCUT2D eigenvalue weighted by Crippen LogP contribution is -2.46. The zero-order valence-corrected chi connectivity index (χ0v) is 12.1. The molecule has 1 aromatic carbocycles. The fraction of sp³-hybridized carbons (Fsp3) is 0.562. The number of carboxylic acid groups (broad SMARTS) is 1. The minimum absolute atomic E-state index is 0.0238. The summed E-state index contributed by atoms with van der Waals surface area (Å²) in [5.41, 5.74) is 6.60. The van der Waals surface area contributed by atoms with Crippen LogP contribution in [0.3, 0.4) is 0 Å². The standard InChI is InChI=1S/C16H23NO3/c1-11-5-3-4-6-14(11)16(10-17,15(18)19)9-13-8-7-12(2)20-13/h3-6,12-13H,7-10,17H2,1-2H3,(H,18,19). The van der Waals surface area contributed by atoms with Gasteiger partial charge in [0.15, 0.2) is 0 Å². The maximum absolute atomic E-state index is 11.9. The van der Waals surface area contributed by atoms with E-state index in [4.69, 9.17) is 10.5 Å². The molecule has 20 heavy (non-hydrogen) atoms. The van der Waals surface area contributed by atoms with Gasteiger partial charge in [0.05, 0.1) is 12.2 Å². The van der Waals surface area contributed by atoms with Gasteiger partial charge in [0.25, 0.3) is 0 Å². The molecule has 0 bridgehead atoms. The van der Waals surface area contributed by atoms with Crippen LogP contribution in [0.4, 0.5) is 0 Å². The van der Waals surface area contributed by atoms with Crippen molar-refractivity contribution < 1.29 is 14.6 Å². The number of hydrogen-bond donors (Lipinski definition) is 2. The van der Waals surface area contributed by atoms with Gasteiger partial charge in [0, 0.05) is 6.54 Å². The van der Waals surface area contributed by atoms with Crippen molar-refractivity contribution in [2.75, 3.05) is 6.54 Å². The van der Waals surface area contributed by atoms with Gasteiger partial charge in [-0.05, 0) is 44.2 Å². The van der Waals surface area contributed by atoms with E-state index in [1.165, 1.54) is 0 Å². The van der Waals surface area contributed by atoms with Gasteiger partial charge < -0.3 is 15.6 Å². The Morgan fingerprint density at radius 2 is 2.15 bits per heavy atom. The van der Waals surface area contributed by atoms with Gasteiger partial charge in [-0.25, -0.2) is 0 Å². The Labute approximate surface area is 119 Å². The smallest absolute Gasteiger partial charge is 0.315 e. The number of benzene rings is 1. The van der Waals surface area contributed by atoms with Crippen LogP contribution in [-0.2, 0) is 14.9 Å². The van der Waals surface area contributed by atoms with Gasteiger partial charge in [-0.2, -0.15) is 0 Å². The maximum atomic E-state index is 11.9. The molecular weight excluding hydrogens is 254 g/mol. The van der Waals surface area contributed by atoms with Crippen molar-refractivity contribution in [2.24, 2.45) is 5.73 Å². The molecule has 1 heterocycles. The highest BCUT2D eigenvalue weighted by molar-refractivity contribution is 5.82. The molecule has 3 unspecified atom stereocenters. The van der Waals surface area contributed by atoms with Gasteiger partial charge >= 0.3 is 5.97 Å². The summed E-state index contributed by atoms with van der Waals surface area (Å²) in [7, 11) is 0. The van der Waals surface area contributed by atoms with Crippen molar-refractivity contribution in [3.63, 3.8) is 0 Å². The van der Waals surface area contributed by atoms with E-state index in [9.17, 15) is 9.90 Å². The second-order valence-corrected chi connectivity index (χ2v) is 5.76. The lowest BCUT2D eigenvalue weighted by molar-refractivity contribution is -0.145. The van der Waals surface area contributed by atoms with Gasteiger partial charge in [-0.15, -0.1) is 0 Å². The van der Waals surface area contributed by atoms with Crippen LogP contribution in [0.25, 0.3) is 0 Å². The molecule has 1 aromatic rings. The molecule has 2 rings (SSSR count). The van der Waals surface area contributed by atoms with Crippen molar-refractivity contribution >= 4 is 5.97 Å². The van der Waals surface area contributed by atoms with E-state index in [1.54, 1.807) is 0 Å². The molecule has 4 heteroatoms. The van der Waals surface area contributed by atoms with Gasteiger partial charge in [-0.3, -0.25) is 4.79 Å². The lowest BCUT2D eigenvalue weighted by Gasteiger charge is -2.32. The lowest BCUT2D eigenvalue weighted by atomic mass is 9.74. The molecule has 0 amide bonds. The molecule has 3 N–H and O–H groups in total. The zero-order chi connectivity index (χ0) is 14.8.